The van der Waals surface area contributed by atoms with Crippen molar-refractivity contribution in [2.75, 3.05) is 5.75 Å². The fourth-order valence-electron chi connectivity index (χ4n) is 1.02. The minimum Gasteiger partial charge on any atom is -0.241 e. The lowest BCUT2D eigenvalue weighted by atomic mass is 10.4. The molecule has 0 N–H and O–H groups in total. The lowest BCUT2D eigenvalue weighted by molar-refractivity contribution is 0.896. The van der Waals surface area contributed by atoms with Crippen LogP contribution in [0.25, 0.3) is 0 Å². The van der Waals surface area contributed by atoms with Gasteiger partial charge in [0.1, 0.15) is 5.15 Å². The lowest BCUT2D eigenvalue weighted by Crippen LogP contribution is -1.84. The van der Waals surface area contributed by atoms with Crippen LogP contribution in [0.3, 0.4) is 0 Å². The molecule has 1 rings (SSSR count). The average Bonchev–Trinajstić information content (AvgIpc) is 2.03. The molecule has 0 fully saturated rings. The van der Waals surface area contributed by atoms with E-state index in [-0.39, 0.29) is 0 Å². The van der Waals surface area contributed by atoms with E-state index in [2.05, 4.69) is 18.0 Å². The van der Waals surface area contributed by atoms with Gasteiger partial charge in [-0.3, -0.25) is 0 Å². The Balaban J connectivity index is 2.56. The van der Waals surface area contributed by atoms with Crippen molar-refractivity contribution in [3.63, 3.8) is 0 Å². The molecule has 3 heteroatoms. The van der Waals surface area contributed by atoms with Gasteiger partial charge in [-0.05, 0) is 31.2 Å². The summed E-state index contributed by atoms with van der Waals surface area (Å²) >= 11 is 7.69. The summed E-state index contributed by atoms with van der Waals surface area (Å²) in [4.78, 5) is 5.34. The SMILES string of the molecule is CCCCSc1cc(C)nc(Cl)c1. The van der Waals surface area contributed by atoms with Crippen molar-refractivity contribution in [3.05, 3.63) is 23.0 Å². The molecule has 1 aromatic rings. The molecule has 0 saturated heterocycles. The van der Waals surface area contributed by atoms with Gasteiger partial charge in [0, 0.05) is 10.6 Å². The summed E-state index contributed by atoms with van der Waals surface area (Å²) in [5.74, 6) is 1.16. The van der Waals surface area contributed by atoms with Crippen LogP contribution in [0.4, 0.5) is 0 Å². The Morgan fingerprint density at radius 1 is 1.46 bits per heavy atom. The molecule has 0 spiro atoms. The van der Waals surface area contributed by atoms with Crippen LogP contribution >= 0.6 is 23.4 Å². The van der Waals surface area contributed by atoms with Crippen molar-refractivity contribution < 1.29 is 0 Å². The number of pyridine rings is 1. The summed E-state index contributed by atoms with van der Waals surface area (Å²) < 4.78 is 0. The Labute approximate surface area is 88.9 Å². The highest BCUT2D eigenvalue weighted by atomic mass is 35.5. The van der Waals surface area contributed by atoms with Crippen LogP contribution < -0.4 is 0 Å². The zero-order chi connectivity index (χ0) is 9.68. The van der Waals surface area contributed by atoms with E-state index >= 15 is 0 Å². The monoisotopic (exact) mass is 215 g/mol. The van der Waals surface area contributed by atoms with Crippen LogP contribution in [-0.4, -0.2) is 10.7 Å². The molecule has 0 aliphatic heterocycles. The number of unbranched alkanes of at least 4 members (excludes halogenated alkanes) is 1. The molecule has 0 radical (unpaired) electrons. The second-order valence-electron chi connectivity index (χ2n) is 2.97. The minimum atomic E-state index is 0.596. The maximum absolute atomic E-state index is 5.84. The van der Waals surface area contributed by atoms with E-state index in [1.54, 1.807) is 0 Å². The quantitative estimate of drug-likeness (QED) is 0.429. The van der Waals surface area contributed by atoms with Crippen LogP contribution in [0.5, 0.6) is 0 Å². The van der Waals surface area contributed by atoms with Gasteiger partial charge in [0.05, 0.1) is 0 Å². The number of halogens is 1. The van der Waals surface area contributed by atoms with E-state index in [0.29, 0.717) is 5.15 Å². The van der Waals surface area contributed by atoms with E-state index in [1.807, 2.05) is 24.8 Å². The van der Waals surface area contributed by atoms with Gasteiger partial charge < -0.3 is 0 Å². The van der Waals surface area contributed by atoms with Crippen LogP contribution in [0, 0.1) is 6.92 Å². The van der Waals surface area contributed by atoms with Crippen molar-refractivity contribution in [3.8, 4) is 0 Å². The van der Waals surface area contributed by atoms with E-state index in [0.717, 1.165) is 11.4 Å². The van der Waals surface area contributed by atoms with Crippen molar-refractivity contribution >= 4 is 23.4 Å². The largest absolute Gasteiger partial charge is 0.241 e. The first kappa shape index (κ1) is 10.9. The molecule has 1 nitrogen and oxygen atoms in total. The second kappa shape index (κ2) is 5.51. The van der Waals surface area contributed by atoms with Crippen LogP contribution in [0.1, 0.15) is 25.5 Å². The van der Waals surface area contributed by atoms with Crippen molar-refractivity contribution in [2.24, 2.45) is 0 Å². The zero-order valence-corrected chi connectivity index (χ0v) is 9.58. The number of nitrogens with zero attached hydrogens (tertiary/aromatic N) is 1. The Bertz CT molecular complexity index is 255. The van der Waals surface area contributed by atoms with E-state index < -0.39 is 0 Å². The third-order valence-electron chi connectivity index (χ3n) is 1.66. The van der Waals surface area contributed by atoms with Gasteiger partial charge >= 0.3 is 0 Å². The predicted octanol–water partition coefficient (Wildman–Crippen LogP) is 3.94. The molecule has 13 heavy (non-hydrogen) atoms. The number of aromatic nitrogens is 1. The first-order valence-corrected chi connectivity index (χ1v) is 5.85. The molecule has 1 aromatic heterocycles. The van der Waals surface area contributed by atoms with Gasteiger partial charge in [-0.25, -0.2) is 4.98 Å². The van der Waals surface area contributed by atoms with Gasteiger partial charge in [-0.2, -0.15) is 0 Å². The first-order chi connectivity index (χ1) is 6.22. The van der Waals surface area contributed by atoms with E-state index in [4.69, 9.17) is 11.6 Å². The smallest absolute Gasteiger partial charge is 0.130 e. The fourth-order valence-corrected chi connectivity index (χ4v) is 2.45. The van der Waals surface area contributed by atoms with Crippen LogP contribution in [0.15, 0.2) is 17.0 Å². The molecule has 0 aliphatic rings. The number of aryl methyl sites for hydroxylation is 1. The number of hydrogen-bond donors (Lipinski definition) is 0. The molecule has 0 bridgehead atoms. The van der Waals surface area contributed by atoms with Crippen molar-refractivity contribution in [2.45, 2.75) is 31.6 Å². The molecule has 0 unspecified atom stereocenters. The summed E-state index contributed by atoms with van der Waals surface area (Å²) in [6.45, 7) is 4.17. The van der Waals surface area contributed by atoms with Crippen molar-refractivity contribution in [1.29, 1.82) is 0 Å². The highest BCUT2D eigenvalue weighted by Crippen LogP contribution is 2.22. The predicted molar refractivity (Wildman–Crippen MR) is 59.6 cm³/mol. The van der Waals surface area contributed by atoms with Gasteiger partial charge in [0.25, 0.3) is 0 Å². The van der Waals surface area contributed by atoms with Crippen molar-refractivity contribution in [1.82, 2.24) is 4.98 Å². The number of rotatable bonds is 4. The number of hydrogen-bond acceptors (Lipinski definition) is 2. The van der Waals surface area contributed by atoms with Crippen LogP contribution in [0.2, 0.25) is 5.15 Å². The molecular formula is C10H14ClNS. The molecule has 72 valence electrons. The standard InChI is InChI=1S/C10H14ClNS/c1-3-4-5-13-9-6-8(2)12-10(11)7-9/h6-7H,3-5H2,1-2H3. The highest BCUT2D eigenvalue weighted by molar-refractivity contribution is 7.99. The third-order valence-corrected chi connectivity index (χ3v) is 2.92. The summed E-state index contributed by atoms with van der Waals surface area (Å²) in [6.07, 6.45) is 2.49. The van der Waals surface area contributed by atoms with E-state index in [9.17, 15) is 0 Å². The molecule has 0 atom stereocenters. The van der Waals surface area contributed by atoms with Gasteiger partial charge in [0.15, 0.2) is 0 Å². The van der Waals surface area contributed by atoms with Crippen LogP contribution in [-0.2, 0) is 0 Å². The third kappa shape index (κ3) is 4.01. The van der Waals surface area contributed by atoms with Gasteiger partial charge in [-0.15, -0.1) is 11.8 Å². The summed E-state index contributed by atoms with van der Waals surface area (Å²) in [5, 5.41) is 0.596. The molecule has 0 aliphatic carbocycles. The second-order valence-corrected chi connectivity index (χ2v) is 4.52. The summed E-state index contributed by atoms with van der Waals surface area (Å²) in [7, 11) is 0. The minimum absolute atomic E-state index is 0.596. The summed E-state index contributed by atoms with van der Waals surface area (Å²) in [5.41, 5.74) is 0.992. The zero-order valence-electron chi connectivity index (χ0n) is 8.01. The van der Waals surface area contributed by atoms with Gasteiger partial charge in [-0.1, -0.05) is 24.9 Å². The van der Waals surface area contributed by atoms with Gasteiger partial charge in [0.2, 0.25) is 0 Å². The topological polar surface area (TPSA) is 12.9 Å². The Morgan fingerprint density at radius 3 is 2.85 bits per heavy atom. The molecule has 0 saturated carbocycles. The lowest BCUT2D eigenvalue weighted by Gasteiger charge is -2.02. The molecule has 0 amide bonds. The normalized spacial score (nSPS) is 10.4. The highest BCUT2D eigenvalue weighted by Gasteiger charge is 1.98. The maximum atomic E-state index is 5.84. The van der Waals surface area contributed by atoms with E-state index in [1.165, 1.54) is 17.7 Å². The number of thioether (sulfide) groups is 1. The average molecular weight is 216 g/mol. The molecular weight excluding hydrogens is 202 g/mol. The Kier molecular flexibility index (Phi) is 4.60. The maximum Gasteiger partial charge on any atom is 0.130 e. The molecule has 0 aromatic carbocycles. The Hall–Kier alpha value is -0.210. The summed E-state index contributed by atoms with van der Waals surface area (Å²) in [6, 6.07) is 4.00. The molecule has 1 heterocycles. The Morgan fingerprint density at radius 2 is 2.23 bits per heavy atom. The fraction of sp³-hybridized carbons (Fsp3) is 0.500. The first-order valence-electron chi connectivity index (χ1n) is 4.49.